The van der Waals surface area contributed by atoms with E-state index in [9.17, 15) is 9.90 Å². The summed E-state index contributed by atoms with van der Waals surface area (Å²) < 4.78 is 0. The molecule has 0 amide bonds. The van der Waals surface area contributed by atoms with E-state index >= 15 is 0 Å². The molecule has 0 radical (unpaired) electrons. The fourth-order valence-electron chi connectivity index (χ4n) is 1.21. The van der Waals surface area contributed by atoms with Crippen molar-refractivity contribution < 1.29 is 9.90 Å². The third kappa shape index (κ3) is 1.83. The molecule has 13 heavy (non-hydrogen) atoms. The van der Waals surface area contributed by atoms with Gasteiger partial charge in [-0.25, -0.2) is 0 Å². The maximum Gasteiger partial charge on any atom is 0.130 e. The molecule has 0 fully saturated rings. The fraction of sp³-hybridized carbons (Fsp3) is 0.300. The van der Waals surface area contributed by atoms with E-state index in [4.69, 9.17) is 11.6 Å². The SMILES string of the molecule is CC(C)(C=O)c1c(O)cccc1Cl. The van der Waals surface area contributed by atoms with Crippen LogP contribution in [0.3, 0.4) is 0 Å². The smallest absolute Gasteiger partial charge is 0.130 e. The predicted molar refractivity (Wildman–Crippen MR) is 52.2 cm³/mol. The maximum absolute atomic E-state index is 10.8. The zero-order valence-electron chi connectivity index (χ0n) is 7.54. The molecule has 70 valence electrons. The summed E-state index contributed by atoms with van der Waals surface area (Å²) in [6, 6.07) is 4.82. The van der Waals surface area contributed by atoms with E-state index < -0.39 is 5.41 Å². The molecule has 0 aliphatic rings. The minimum absolute atomic E-state index is 0.0598. The van der Waals surface area contributed by atoms with E-state index in [-0.39, 0.29) is 5.75 Å². The Labute approximate surface area is 82.2 Å². The number of aldehydes is 1. The Morgan fingerprint density at radius 3 is 2.54 bits per heavy atom. The number of hydrogen-bond acceptors (Lipinski definition) is 2. The molecule has 3 heteroatoms. The molecule has 0 heterocycles. The van der Waals surface area contributed by atoms with Gasteiger partial charge < -0.3 is 9.90 Å². The van der Waals surface area contributed by atoms with Gasteiger partial charge >= 0.3 is 0 Å². The van der Waals surface area contributed by atoms with Gasteiger partial charge in [0.1, 0.15) is 12.0 Å². The first-order valence-electron chi connectivity index (χ1n) is 3.93. The van der Waals surface area contributed by atoms with Crippen LogP contribution in [0.5, 0.6) is 5.75 Å². The van der Waals surface area contributed by atoms with Gasteiger partial charge in [0.05, 0.1) is 5.41 Å². The molecule has 1 aromatic rings. The second-order valence-corrected chi connectivity index (χ2v) is 3.88. The quantitative estimate of drug-likeness (QED) is 0.742. The van der Waals surface area contributed by atoms with Gasteiger partial charge in [-0.3, -0.25) is 0 Å². The Bertz CT molecular complexity index is 311. The Balaban J connectivity index is 3.36. The van der Waals surface area contributed by atoms with Crippen LogP contribution in [0.2, 0.25) is 5.02 Å². The van der Waals surface area contributed by atoms with Crippen LogP contribution in [0.25, 0.3) is 0 Å². The summed E-state index contributed by atoms with van der Waals surface area (Å²) in [6.45, 7) is 3.42. The van der Waals surface area contributed by atoms with Crippen LogP contribution >= 0.6 is 11.6 Å². The Morgan fingerprint density at radius 1 is 1.46 bits per heavy atom. The van der Waals surface area contributed by atoms with Crippen LogP contribution in [0.4, 0.5) is 0 Å². The summed E-state index contributed by atoms with van der Waals surface area (Å²) in [7, 11) is 0. The minimum atomic E-state index is -0.748. The highest BCUT2D eigenvalue weighted by atomic mass is 35.5. The molecular weight excluding hydrogens is 188 g/mol. The van der Waals surface area contributed by atoms with Crippen molar-refractivity contribution in [1.82, 2.24) is 0 Å². The second-order valence-electron chi connectivity index (χ2n) is 3.47. The Morgan fingerprint density at radius 2 is 2.08 bits per heavy atom. The predicted octanol–water partition coefficient (Wildman–Crippen LogP) is 2.52. The van der Waals surface area contributed by atoms with Crippen molar-refractivity contribution in [3.05, 3.63) is 28.8 Å². The van der Waals surface area contributed by atoms with Gasteiger partial charge in [-0.1, -0.05) is 17.7 Å². The third-order valence-electron chi connectivity index (χ3n) is 1.93. The van der Waals surface area contributed by atoms with E-state index in [1.807, 2.05) is 0 Å². The first-order chi connectivity index (χ1) is 5.99. The molecule has 0 saturated heterocycles. The summed E-state index contributed by atoms with van der Waals surface area (Å²) in [5.41, 5.74) is -0.269. The summed E-state index contributed by atoms with van der Waals surface area (Å²) in [5.74, 6) is 0.0598. The monoisotopic (exact) mass is 198 g/mol. The van der Waals surface area contributed by atoms with Crippen molar-refractivity contribution in [2.24, 2.45) is 0 Å². The van der Waals surface area contributed by atoms with E-state index in [0.29, 0.717) is 10.6 Å². The van der Waals surface area contributed by atoms with Crippen LogP contribution in [0, 0.1) is 0 Å². The maximum atomic E-state index is 10.8. The number of halogens is 1. The lowest BCUT2D eigenvalue weighted by Gasteiger charge is -2.19. The molecule has 0 aliphatic carbocycles. The van der Waals surface area contributed by atoms with E-state index in [1.165, 1.54) is 6.07 Å². The Kier molecular flexibility index (Phi) is 2.62. The van der Waals surface area contributed by atoms with E-state index in [1.54, 1.807) is 26.0 Å². The zero-order valence-corrected chi connectivity index (χ0v) is 8.30. The number of hydrogen-bond donors (Lipinski definition) is 1. The molecule has 0 bridgehead atoms. The lowest BCUT2D eigenvalue weighted by Crippen LogP contribution is -2.19. The Hall–Kier alpha value is -1.02. The molecule has 1 rings (SSSR count). The average Bonchev–Trinajstić information content (AvgIpc) is 2.03. The van der Waals surface area contributed by atoms with Crippen LogP contribution in [-0.4, -0.2) is 11.4 Å². The molecule has 1 N–H and O–H groups in total. The van der Waals surface area contributed by atoms with Crippen molar-refractivity contribution >= 4 is 17.9 Å². The van der Waals surface area contributed by atoms with Gasteiger partial charge in [0.25, 0.3) is 0 Å². The van der Waals surface area contributed by atoms with Gasteiger partial charge in [-0.05, 0) is 26.0 Å². The van der Waals surface area contributed by atoms with Crippen molar-refractivity contribution in [3.8, 4) is 5.75 Å². The van der Waals surface area contributed by atoms with Crippen molar-refractivity contribution in [2.45, 2.75) is 19.3 Å². The van der Waals surface area contributed by atoms with Gasteiger partial charge in [0.2, 0.25) is 0 Å². The van der Waals surface area contributed by atoms with E-state index in [2.05, 4.69) is 0 Å². The normalized spacial score (nSPS) is 11.3. The topological polar surface area (TPSA) is 37.3 Å². The third-order valence-corrected chi connectivity index (χ3v) is 2.25. The molecule has 0 aromatic heterocycles. The van der Waals surface area contributed by atoms with Gasteiger partial charge in [-0.2, -0.15) is 0 Å². The number of carbonyl (C=O) groups excluding carboxylic acids is 1. The molecule has 0 atom stereocenters. The minimum Gasteiger partial charge on any atom is -0.508 e. The largest absolute Gasteiger partial charge is 0.508 e. The fourth-order valence-corrected chi connectivity index (χ4v) is 1.62. The van der Waals surface area contributed by atoms with Gasteiger partial charge in [0.15, 0.2) is 0 Å². The number of aromatic hydroxyl groups is 1. The molecular formula is C10H11ClO2. The summed E-state index contributed by atoms with van der Waals surface area (Å²) in [5, 5.41) is 9.93. The van der Waals surface area contributed by atoms with Crippen LogP contribution < -0.4 is 0 Å². The molecule has 0 spiro atoms. The second kappa shape index (κ2) is 3.38. The highest BCUT2D eigenvalue weighted by molar-refractivity contribution is 6.31. The van der Waals surface area contributed by atoms with Crippen molar-refractivity contribution in [1.29, 1.82) is 0 Å². The first-order valence-corrected chi connectivity index (χ1v) is 4.31. The number of carbonyl (C=O) groups is 1. The molecule has 0 unspecified atom stereocenters. The lowest BCUT2D eigenvalue weighted by atomic mass is 9.85. The van der Waals surface area contributed by atoms with Crippen LogP contribution in [0.1, 0.15) is 19.4 Å². The lowest BCUT2D eigenvalue weighted by molar-refractivity contribution is -0.111. The standard InChI is InChI=1S/C10H11ClO2/c1-10(2,6-12)9-7(11)4-3-5-8(9)13/h3-6,13H,1-2H3. The number of phenols is 1. The summed E-state index contributed by atoms with van der Waals surface area (Å²) in [4.78, 5) is 10.8. The molecule has 0 aliphatic heterocycles. The number of phenolic OH excluding ortho intramolecular Hbond substituents is 1. The zero-order chi connectivity index (χ0) is 10.1. The highest BCUT2D eigenvalue weighted by Crippen LogP contribution is 2.35. The van der Waals surface area contributed by atoms with Crippen molar-refractivity contribution in [3.63, 3.8) is 0 Å². The molecule has 1 aromatic carbocycles. The highest BCUT2D eigenvalue weighted by Gasteiger charge is 2.25. The summed E-state index contributed by atoms with van der Waals surface area (Å²) >= 11 is 5.87. The molecule has 2 nitrogen and oxygen atoms in total. The van der Waals surface area contributed by atoms with Crippen LogP contribution in [0.15, 0.2) is 18.2 Å². The van der Waals surface area contributed by atoms with E-state index in [0.717, 1.165) is 6.29 Å². The molecule has 0 saturated carbocycles. The average molecular weight is 199 g/mol. The van der Waals surface area contributed by atoms with Crippen LogP contribution in [-0.2, 0) is 10.2 Å². The number of benzene rings is 1. The first kappa shape index (κ1) is 10.1. The summed E-state index contributed by atoms with van der Waals surface area (Å²) in [6.07, 6.45) is 0.772. The van der Waals surface area contributed by atoms with Crippen molar-refractivity contribution in [2.75, 3.05) is 0 Å². The van der Waals surface area contributed by atoms with Gasteiger partial charge in [0, 0.05) is 10.6 Å². The number of rotatable bonds is 2. The van der Waals surface area contributed by atoms with Gasteiger partial charge in [-0.15, -0.1) is 0 Å².